The van der Waals surface area contributed by atoms with Gasteiger partial charge in [0.15, 0.2) is 0 Å². The van der Waals surface area contributed by atoms with Crippen LogP contribution in [0.15, 0.2) is 0 Å². The van der Waals surface area contributed by atoms with Crippen LogP contribution in [0.5, 0.6) is 0 Å². The summed E-state index contributed by atoms with van der Waals surface area (Å²) in [6, 6.07) is 0.293. The summed E-state index contributed by atoms with van der Waals surface area (Å²) in [6.45, 7) is 4.55. The summed E-state index contributed by atoms with van der Waals surface area (Å²) >= 11 is 0. The number of halogens is 3. The van der Waals surface area contributed by atoms with Crippen LogP contribution in [0.4, 0.5) is 13.2 Å². The van der Waals surface area contributed by atoms with E-state index >= 15 is 0 Å². The third kappa shape index (κ3) is 6.29. The molecule has 1 aliphatic rings. The highest BCUT2D eigenvalue weighted by Crippen LogP contribution is 2.29. The van der Waals surface area contributed by atoms with Gasteiger partial charge in [-0.1, -0.05) is 26.7 Å². The summed E-state index contributed by atoms with van der Waals surface area (Å²) in [6.07, 6.45) is 0.847. The highest BCUT2D eigenvalue weighted by Gasteiger charge is 2.27. The molecule has 17 heavy (non-hydrogen) atoms. The van der Waals surface area contributed by atoms with Crippen LogP contribution in [0.1, 0.15) is 52.4 Å². The predicted octanol–water partition coefficient (Wildman–Crippen LogP) is 4.13. The molecule has 0 amide bonds. The summed E-state index contributed by atoms with van der Waals surface area (Å²) < 4.78 is 36.1. The van der Waals surface area contributed by atoms with Gasteiger partial charge >= 0.3 is 6.18 Å². The first kappa shape index (κ1) is 14.8. The van der Waals surface area contributed by atoms with Crippen molar-refractivity contribution >= 4 is 0 Å². The molecule has 2 atom stereocenters. The van der Waals surface area contributed by atoms with Crippen molar-refractivity contribution in [3.63, 3.8) is 0 Å². The van der Waals surface area contributed by atoms with Crippen molar-refractivity contribution in [1.82, 2.24) is 5.32 Å². The molecular weight excluding hydrogens is 227 g/mol. The minimum atomic E-state index is -4.03. The van der Waals surface area contributed by atoms with Crippen LogP contribution < -0.4 is 5.32 Å². The Morgan fingerprint density at radius 1 is 1.12 bits per heavy atom. The molecule has 4 heteroatoms. The van der Waals surface area contributed by atoms with E-state index in [1.165, 1.54) is 6.42 Å². The number of alkyl halides is 3. The first-order valence-corrected chi connectivity index (χ1v) is 6.68. The van der Waals surface area contributed by atoms with E-state index in [1.54, 1.807) is 0 Å². The Labute approximate surface area is 102 Å². The molecule has 1 fully saturated rings. The van der Waals surface area contributed by atoms with Gasteiger partial charge in [0, 0.05) is 12.6 Å². The Morgan fingerprint density at radius 2 is 1.82 bits per heavy atom. The molecule has 1 N–H and O–H groups in total. The molecule has 0 heterocycles. The van der Waals surface area contributed by atoms with Gasteiger partial charge in [-0.25, -0.2) is 0 Å². The zero-order valence-corrected chi connectivity index (χ0v) is 10.8. The molecule has 1 rings (SSSR count). The smallest absolute Gasteiger partial charge is 0.314 e. The van der Waals surface area contributed by atoms with Crippen molar-refractivity contribution in [3.8, 4) is 0 Å². The largest absolute Gasteiger partial charge is 0.390 e. The lowest BCUT2D eigenvalue weighted by Gasteiger charge is -2.19. The van der Waals surface area contributed by atoms with Gasteiger partial charge in [-0.05, 0) is 31.1 Å². The van der Waals surface area contributed by atoms with Gasteiger partial charge in [-0.2, -0.15) is 13.2 Å². The molecule has 0 aromatic carbocycles. The van der Waals surface area contributed by atoms with Crippen molar-refractivity contribution in [1.29, 1.82) is 0 Å². The number of hydrogen-bond donors (Lipinski definition) is 1. The first-order valence-electron chi connectivity index (χ1n) is 6.68. The maximum Gasteiger partial charge on any atom is 0.390 e. The molecular formula is C13H24F3N. The van der Waals surface area contributed by atoms with Crippen LogP contribution in [-0.2, 0) is 0 Å². The molecule has 1 saturated carbocycles. The average Bonchev–Trinajstić information content (AvgIpc) is 2.41. The first-order chi connectivity index (χ1) is 7.88. The average molecular weight is 251 g/mol. The van der Waals surface area contributed by atoms with Crippen LogP contribution in [-0.4, -0.2) is 18.8 Å². The summed E-state index contributed by atoms with van der Waals surface area (Å²) in [7, 11) is 0. The molecule has 2 unspecified atom stereocenters. The molecule has 102 valence electrons. The lowest BCUT2D eigenvalue weighted by Crippen LogP contribution is -2.31. The van der Waals surface area contributed by atoms with Gasteiger partial charge in [0.05, 0.1) is 6.42 Å². The standard InChI is InChI=1S/C13H24F3N/c1-10(2)11-4-3-5-12(7-6-11)17-9-8-13(14,15)16/h10-12,17H,3-9H2,1-2H3. The topological polar surface area (TPSA) is 12.0 Å². The third-order valence-corrected chi connectivity index (χ3v) is 3.80. The van der Waals surface area contributed by atoms with Crippen molar-refractivity contribution in [2.75, 3.05) is 6.54 Å². The second-order valence-electron chi connectivity index (χ2n) is 5.53. The van der Waals surface area contributed by atoms with Crippen molar-refractivity contribution in [3.05, 3.63) is 0 Å². The van der Waals surface area contributed by atoms with E-state index in [0.29, 0.717) is 12.0 Å². The van der Waals surface area contributed by atoms with E-state index in [4.69, 9.17) is 0 Å². The summed E-state index contributed by atoms with van der Waals surface area (Å²) in [5, 5.41) is 3.06. The predicted molar refractivity (Wildman–Crippen MR) is 63.9 cm³/mol. The van der Waals surface area contributed by atoms with Crippen molar-refractivity contribution < 1.29 is 13.2 Å². The van der Waals surface area contributed by atoms with Crippen molar-refractivity contribution in [2.24, 2.45) is 11.8 Å². The Morgan fingerprint density at radius 3 is 2.41 bits per heavy atom. The lowest BCUT2D eigenvalue weighted by atomic mass is 9.89. The molecule has 1 nitrogen and oxygen atoms in total. The van der Waals surface area contributed by atoms with Gasteiger partial charge in [0.25, 0.3) is 0 Å². The number of rotatable bonds is 4. The van der Waals surface area contributed by atoms with Gasteiger partial charge in [0.1, 0.15) is 0 Å². The van der Waals surface area contributed by atoms with Gasteiger partial charge in [0.2, 0.25) is 0 Å². The molecule has 0 aromatic heterocycles. The monoisotopic (exact) mass is 251 g/mol. The maximum absolute atomic E-state index is 12.0. The van der Waals surface area contributed by atoms with Crippen LogP contribution in [0.2, 0.25) is 0 Å². The van der Waals surface area contributed by atoms with Crippen LogP contribution in [0.25, 0.3) is 0 Å². The van der Waals surface area contributed by atoms with E-state index < -0.39 is 12.6 Å². The van der Waals surface area contributed by atoms with Crippen molar-refractivity contribution in [2.45, 2.75) is 64.6 Å². The normalized spacial score (nSPS) is 27.2. The maximum atomic E-state index is 12.0. The number of hydrogen-bond acceptors (Lipinski definition) is 1. The zero-order valence-electron chi connectivity index (χ0n) is 10.8. The molecule has 0 bridgehead atoms. The van der Waals surface area contributed by atoms with Gasteiger partial charge in [-0.15, -0.1) is 0 Å². The Balaban J connectivity index is 2.23. The highest BCUT2D eigenvalue weighted by molar-refractivity contribution is 4.76. The molecule has 0 saturated heterocycles. The van der Waals surface area contributed by atoms with Gasteiger partial charge in [-0.3, -0.25) is 0 Å². The Hall–Kier alpha value is -0.250. The molecule has 1 aliphatic carbocycles. The van der Waals surface area contributed by atoms with E-state index in [2.05, 4.69) is 19.2 Å². The second-order valence-corrected chi connectivity index (χ2v) is 5.53. The SMILES string of the molecule is CC(C)C1CCCC(NCCC(F)(F)F)CC1. The van der Waals surface area contributed by atoms with E-state index in [-0.39, 0.29) is 6.54 Å². The van der Waals surface area contributed by atoms with Crippen LogP contribution in [0.3, 0.4) is 0 Å². The molecule has 0 aromatic rings. The summed E-state index contributed by atoms with van der Waals surface area (Å²) in [4.78, 5) is 0. The highest BCUT2D eigenvalue weighted by atomic mass is 19.4. The van der Waals surface area contributed by atoms with Crippen LogP contribution in [0, 0.1) is 11.8 Å². The fourth-order valence-corrected chi connectivity index (χ4v) is 2.62. The minimum absolute atomic E-state index is 0.0700. The van der Waals surface area contributed by atoms with Crippen LogP contribution >= 0.6 is 0 Å². The fourth-order valence-electron chi connectivity index (χ4n) is 2.62. The molecule has 0 aliphatic heterocycles. The van der Waals surface area contributed by atoms with E-state index in [0.717, 1.165) is 31.6 Å². The van der Waals surface area contributed by atoms with Gasteiger partial charge < -0.3 is 5.32 Å². The molecule has 0 radical (unpaired) electrons. The molecule has 0 spiro atoms. The zero-order chi connectivity index (χ0) is 12.9. The van der Waals surface area contributed by atoms with E-state index in [9.17, 15) is 13.2 Å². The van der Waals surface area contributed by atoms with E-state index in [1.807, 2.05) is 0 Å². The number of nitrogens with one attached hydrogen (secondary N) is 1. The Kier molecular flexibility index (Phi) is 5.77. The summed E-state index contributed by atoms with van der Waals surface area (Å²) in [5.41, 5.74) is 0. The minimum Gasteiger partial charge on any atom is -0.314 e. The lowest BCUT2D eigenvalue weighted by molar-refractivity contribution is -0.133. The summed E-state index contributed by atoms with van der Waals surface area (Å²) in [5.74, 6) is 1.45. The third-order valence-electron chi connectivity index (χ3n) is 3.80. The fraction of sp³-hybridized carbons (Fsp3) is 1.00. The Bertz CT molecular complexity index is 213. The second kappa shape index (κ2) is 6.62. The quantitative estimate of drug-likeness (QED) is 0.741.